The number of likely N-dealkylation sites (tertiary alicyclic amines) is 1. The van der Waals surface area contributed by atoms with Gasteiger partial charge in [-0.2, -0.15) is 13.2 Å². The average Bonchev–Trinajstić information content (AvgIpc) is 3.40. The van der Waals surface area contributed by atoms with Crippen molar-refractivity contribution in [3.05, 3.63) is 143 Å². The summed E-state index contributed by atoms with van der Waals surface area (Å²) in [6.07, 6.45) is -4.04. The van der Waals surface area contributed by atoms with Gasteiger partial charge in [0.2, 0.25) is 0 Å². The van der Waals surface area contributed by atoms with E-state index in [0.717, 1.165) is 35.2 Å². The Morgan fingerprint density at radius 2 is 1.14 bits per heavy atom. The smallest absolute Gasteiger partial charge is 0.387 e. The topological polar surface area (TPSA) is 23.5 Å². The minimum Gasteiger partial charge on any atom is -0.387 e. The second kappa shape index (κ2) is 9.92. The Bertz CT molecular complexity index is 1180. The quantitative estimate of drug-likeness (QED) is 0.291. The fourth-order valence-corrected chi connectivity index (χ4v) is 5.69. The minimum atomic E-state index is -4.47. The molecule has 0 spiro atoms. The molecule has 0 aromatic heterocycles. The molecule has 1 heterocycles. The molecule has 2 atom stereocenters. The molecule has 2 nitrogen and oxygen atoms in total. The van der Waals surface area contributed by atoms with E-state index in [2.05, 4.69) is 41.3 Å². The van der Waals surface area contributed by atoms with Gasteiger partial charge in [0, 0.05) is 12.6 Å². The summed E-state index contributed by atoms with van der Waals surface area (Å²) >= 11 is 0. The summed E-state index contributed by atoms with van der Waals surface area (Å²) < 4.78 is 40.3. The van der Waals surface area contributed by atoms with Crippen molar-refractivity contribution < 1.29 is 18.3 Å². The number of halogens is 3. The highest BCUT2D eigenvalue weighted by atomic mass is 19.4. The number of aliphatic hydroxyl groups is 1. The van der Waals surface area contributed by atoms with Gasteiger partial charge < -0.3 is 5.11 Å². The van der Waals surface area contributed by atoms with Crippen LogP contribution in [0.25, 0.3) is 0 Å². The van der Waals surface area contributed by atoms with Crippen molar-refractivity contribution in [3.8, 4) is 0 Å². The van der Waals surface area contributed by atoms with Crippen LogP contribution in [0.5, 0.6) is 0 Å². The maximum Gasteiger partial charge on any atom is 0.416 e. The van der Waals surface area contributed by atoms with Gasteiger partial charge in [0.15, 0.2) is 0 Å². The van der Waals surface area contributed by atoms with E-state index in [0.29, 0.717) is 13.0 Å². The van der Waals surface area contributed by atoms with Crippen LogP contribution in [0, 0.1) is 0 Å². The lowest BCUT2D eigenvalue weighted by Gasteiger charge is -2.47. The Morgan fingerprint density at radius 3 is 1.61 bits per heavy atom. The minimum absolute atomic E-state index is 0.282. The molecule has 1 aliphatic heterocycles. The molecule has 1 saturated heterocycles. The Balaban J connectivity index is 1.69. The van der Waals surface area contributed by atoms with Gasteiger partial charge in [-0.05, 0) is 47.2 Å². The van der Waals surface area contributed by atoms with Crippen molar-refractivity contribution in [2.45, 2.75) is 36.7 Å². The molecular formula is C31H28F3NO. The van der Waals surface area contributed by atoms with Crippen LogP contribution in [0.2, 0.25) is 0 Å². The average molecular weight is 488 g/mol. The molecule has 36 heavy (non-hydrogen) atoms. The third-order valence-electron chi connectivity index (χ3n) is 7.22. The van der Waals surface area contributed by atoms with E-state index in [1.54, 1.807) is 6.07 Å². The van der Waals surface area contributed by atoms with Crippen molar-refractivity contribution >= 4 is 0 Å². The molecule has 0 amide bonds. The van der Waals surface area contributed by atoms with Crippen LogP contribution >= 0.6 is 0 Å². The van der Waals surface area contributed by atoms with Gasteiger partial charge in [-0.1, -0.05) is 103 Å². The summed E-state index contributed by atoms with van der Waals surface area (Å²) in [6, 6.07) is 35.2. The Labute approximate surface area is 209 Å². The molecular weight excluding hydrogens is 459 g/mol. The maximum atomic E-state index is 13.4. The van der Waals surface area contributed by atoms with Crippen molar-refractivity contribution in [3.63, 3.8) is 0 Å². The van der Waals surface area contributed by atoms with Crippen LogP contribution in [0.15, 0.2) is 115 Å². The third kappa shape index (κ3) is 4.34. The molecule has 0 aliphatic carbocycles. The monoisotopic (exact) mass is 487 g/mol. The lowest BCUT2D eigenvalue weighted by Crippen LogP contribution is -2.52. The highest BCUT2D eigenvalue weighted by Crippen LogP contribution is 2.48. The first-order valence-electron chi connectivity index (χ1n) is 12.2. The van der Waals surface area contributed by atoms with E-state index >= 15 is 0 Å². The molecule has 4 aromatic carbocycles. The van der Waals surface area contributed by atoms with Crippen molar-refractivity contribution in [1.82, 2.24) is 4.90 Å². The first-order chi connectivity index (χ1) is 17.4. The molecule has 4 aromatic rings. The number of hydrogen-bond donors (Lipinski definition) is 1. The van der Waals surface area contributed by atoms with Crippen LogP contribution < -0.4 is 0 Å². The fourth-order valence-electron chi connectivity index (χ4n) is 5.69. The summed E-state index contributed by atoms with van der Waals surface area (Å²) in [5.74, 6) is 0. The van der Waals surface area contributed by atoms with Crippen LogP contribution in [0.1, 0.15) is 46.8 Å². The van der Waals surface area contributed by atoms with Gasteiger partial charge in [0.25, 0.3) is 0 Å². The number of nitrogens with zero attached hydrogens (tertiary/aromatic N) is 1. The molecule has 1 fully saturated rings. The molecule has 5 heteroatoms. The summed E-state index contributed by atoms with van der Waals surface area (Å²) in [5.41, 5.74) is 1.95. The van der Waals surface area contributed by atoms with Gasteiger partial charge in [0.05, 0.1) is 17.2 Å². The Kier molecular flexibility index (Phi) is 6.69. The lowest BCUT2D eigenvalue weighted by molar-refractivity contribution is -0.137. The zero-order valence-electron chi connectivity index (χ0n) is 19.8. The third-order valence-corrected chi connectivity index (χ3v) is 7.22. The predicted molar refractivity (Wildman–Crippen MR) is 135 cm³/mol. The highest BCUT2D eigenvalue weighted by Gasteiger charge is 2.48. The van der Waals surface area contributed by atoms with E-state index in [-0.39, 0.29) is 11.6 Å². The zero-order chi connectivity index (χ0) is 25.2. The van der Waals surface area contributed by atoms with Gasteiger partial charge in [-0.3, -0.25) is 4.90 Å². The van der Waals surface area contributed by atoms with Gasteiger partial charge >= 0.3 is 6.18 Å². The predicted octanol–water partition coefficient (Wildman–Crippen LogP) is 7.20. The standard InChI is InChI=1S/C31H28F3NO/c32-31(33,34)27-19-10-12-23(22-27)29(36)28-20-11-21-35(28)30(24-13-4-1-5-14-24,25-15-6-2-7-16-25)26-17-8-3-9-18-26/h1-10,12-19,22,28-29,36H,11,20-21H2/t28-,29?/m0/s1. The second-order valence-electron chi connectivity index (χ2n) is 9.28. The molecule has 5 rings (SSSR count). The van der Waals surface area contributed by atoms with Crippen molar-refractivity contribution in [2.24, 2.45) is 0 Å². The first-order valence-corrected chi connectivity index (χ1v) is 12.2. The second-order valence-corrected chi connectivity index (χ2v) is 9.28. The number of rotatable bonds is 6. The number of hydrogen-bond acceptors (Lipinski definition) is 2. The molecule has 0 bridgehead atoms. The fraction of sp³-hybridized carbons (Fsp3) is 0.226. The molecule has 1 aliphatic rings. The summed E-state index contributed by atoms with van der Waals surface area (Å²) in [5, 5.41) is 11.6. The Hall–Kier alpha value is -3.41. The SMILES string of the molecule is OC(c1cccc(C(F)(F)F)c1)[C@@H]1CCCN1C(c1ccccc1)(c1ccccc1)c1ccccc1. The van der Waals surface area contributed by atoms with E-state index in [1.165, 1.54) is 6.07 Å². The molecule has 1 N–H and O–H groups in total. The van der Waals surface area contributed by atoms with Crippen molar-refractivity contribution in [2.75, 3.05) is 6.54 Å². The van der Waals surface area contributed by atoms with Crippen LogP contribution in [-0.4, -0.2) is 22.6 Å². The zero-order valence-corrected chi connectivity index (χ0v) is 19.8. The van der Waals surface area contributed by atoms with Gasteiger partial charge in [0.1, 0.15) is 0 Å². The summed E-state index contributed by atoms with van der Waals surface area (Å²) in [4.78, 5) is 2.29. The Morgan fingerprint density at radius 1 is 0.667 bits per heavy atom. The summed E-state index contributed by atoms with van der Waals surface area (Å²) in [7, 11) is 0. The molecule has 1 unspecified atom stereocenters. The highest BCUT2D eigenvalue weighted by molar-refractivity contribution is 5.50. The number of alkyl halides is 3. The molecule has 0 radical (unpaired) electrons. The normalized spacial score (nSPS) is 17.7. The maximum absolute atomic E-state index is 13.4. The largest absolute Gasteiger partial charge is 0.416 e. The van der Waals surface area contributed by atoms with E-state index in [4.69, 9.17) is 0 Å². The van der Waals surface area contributed by atoms with Crippen molar-refractivity contribution in [1.29, 1.82) is 0 Å². The van der Waals surface area contributed by atoms with Crippen LogP contribution in [0.3, 0.4) is 0 Å². The molecule has 184 valence electrons. The van der Waals surface area contributed by atoms with Gasteiger partial charge in [-0.25, -0.2) is 0 Å². The van der Waals surface area contributed by atoms with Gasteiger partial charge in [-0.15, -0.1) is 0 Å². The number of aliphatic hydroxyl groups excluding tert-OH is 1. The van der Waals surface area contributed by atoms with E-state index in [1.807, 2.05) is 54.6 Å². The van der Waals surface area contributed by atoms with E-state index in [9.17, 15) is 18.3 Å². The van der Waals surface area contributed by atoms with Crippen LogP contribution in [0.4, 0.5) is 13.2 Å². The first kappa shape index (κ1) is 24.3. The van der Waals surface area contributed by atoms with E-state index < -0.39 is 23.4 Å². The lowest BCUT2D eigenvalue weighted by atomic mass is 9.74. The summed E-state index contributed by atoms with van der Waals surface area (Å²) in [6.45, 7) is 0.694. The number of benzene rings is 4. The van der Waals surface area contributed by atoms with Crippen LogP contribution in [-0.2, 0) is 11.7 Å². The molecule has 0 saturated carbocycles.